The zero-order chi connectivity index (χ0) is 25.6. The number of carbonyl (C=O) groups is 3. The fourth-order valence-electron chi connectivity index (χ4n) is 4.80. The van der Waals surface area contributed by atoms with Crippen LogP contribution in [0.1, 0.15) is 64.0 Å². The number of hydrogen-bond donors (Lipinski definition) is 3. The van der Waals surface area contributed by atoms with Crippen molar-refractivity contribution in [3.05, 3.63) is 59.7 Å². The molecule has 0 radical (unpaired) electrons. The predicted molar refractivity (Wildman–Crippen MR) is 135 cm³/mol. The molecule has 0 unspecified atom stereocenters. The number of alkyl carbamates (subject to hydrolysis) is 1. The van der Waals surface area contributed by atoms with Gasteiger partial charge in [0.25, 0.3) is 0 Å². The van der Waals surface area contributed by atoms with Gasteiger partial charge in [-0.25, -0.2) is 9.59 Å². The summed E-state index contributed by atoms with van der Waals surface area (Å²) in [4.78, 5) is 37.4. The molecule has 7 heteroatoms. The third kappa shape index (κ3) is 5.84. The minimum atomic E-state index is -1.06. The van der Waals surface area contributed by atoms with Crippen molar-refractivity contribution in [2.75, 3.05) is 13.2 Å². The first-order valence-electron chi connectivity index (χ1n) is 12.3. The number of benzene rings is 2. The van der Waals surface area contributed by atoms with E-state index in [0.717, 1.165) is 22.3 Å². The van der Waals surface area contributed by atoms with Crippen LogP contribution in [0.15, 0.2) is 48.5 Å². The van der Waals surface area contributed by atoms with Crippen LogP contribution in [0.2, 0.25) is 0 Å². The van der Waals surface area contributed by atoms with E-state index in [9.17, 15) is 19.5 Å². The smallest absolute Gasteiger partial charge is 0.407 e. The molecule has 3 N–H and O–H groups in total. The number of fused-ring (bicyclic) bond motifs is 3. The molecule has 3 rings (SSSR count). The van der Waals surface area contributed by atoms with Crippen LogP contribution in [-0.4, -0.2) is 42.3 Å². The number of ether oxygens (including phenoxy) is 1. The number of carbonyl (C=O) groups excluding carboxylic acids is 2. The van der Waals surface area contributed by atoms with Gasteiger partial charge in [-0.05, 0) is 47.4 Å². The Hall–Kier alpha value is -3.35. The maximum Gasteiger partial charge on any atom is 0.407 e. The Kier molecular flexibility index (Phi) is 8.54. The molecular weight excluding hydrogens is 444 g/mol. The van der Waals surface area contributed by atoms with Crippen molar-refractivity contribution >= 4 is 18.0 Å². The zero-order valence-electron chi connectivity index (χ0n) is 21.0. The van der Waals surface area contributed by atoms with Crippen LogP contribution in [0.5, 0.6) is 0 Å². The van der Waals surface area contributed by atoms with Crippen LogP contribution in [0.3, 0.4) is 0 Å². The second-order valence-corrected chi connectivity index (χ2v) is 9.66. The van der Waals surface area contributed by atoms with Crippen molar-refractivity contribution in [3.8, 4) is 11.1 Å². The number of rotatable bonds is 11. The molecule has 1 aliphatic rings. The molecule has 0 heterocycles. The van der Waals surface area contributed by atoms with Crippen LogP contribution in [0.4, 0.5) is 4.79 Å². The van der Waals surface area contributed by atoms with E-state index in [1.807, 2.05) is 52.0 Å². The highest BCUT2D eigenvalue weighted by atomic mass is 16.5. The molecular formula is C28H36N2O5. The molecule has 1 aliphatic carbocycles. The van der Waals surface area contributed by atoms with E-state index < -0.39 is 23.5 Å². The van der Waals surface area contributed by atoms with E-state index in [1.165, 1.54) is 0 Å². The zero-order valence-corrected chi connectivity index (χ0v) is 21.0. The molecule has 188 valence electrons. The lowest BCUT2D eigenvalue weighted by Gasteiger charge is -2.32. The summed E-state index contributed by atoms with van der Waals surface area (Å²) in [5, 5.41) is 14.9. The summed E-state index contributed by atoms with van der Waals surface area (Å²) < 4.78 is 5.60. The van der Waals surface area contributed by atoms with Crippen molar-refractivity contribution in [1.29, 1.82) is 0 Å². The van der Waals surface area contributed by atoms with Crippen molar-refractivity contribution in [3.63, 3.8) is 0 Å². The van der Waals surface area contributed by atoms with E-state index in [0.29, 0.717) is 19.3 Å². The number of hydrogen-bond acceptors (Lipinski definition) is 4. The normalized spacial score (nSPS) is 13.6. The fraction of sp³-hybridized carbons (Fsp3) is 0.464. The van der Waals surface area contributed by atoms with Crippen LogP contribution < -0.4 is 10.6 Å². The summed E-state index contributed by atoms with van der Waals surface area (Å²) >= 11 is 0. The molecule has 0 bridgehead atoms. The van der Waals surface area contributed by atoms with Crippen LogP contribution >= 0.6 is 0 Å². The Morgan fingerprint density at radius 1 is 0.971 bits per heavy atom. The highest BCUT2D eigenvalue weighted by Crippen LogP contribution is 2.44. The van der Waals surface area contributed by atoms with Crippen LogP contribution in [0, 0.1) is 11.3 Å². The maximum atomic E-state index is 13.1. The standard InChI is InChI=1S/C28H36N2O5/c1-5-28(6-2,26(33)30-24(25(31)32)15-18(3)4)17-29-27(34)35-16-23-21-13-9-7-11-19(21)20-12-8-10-14-22(20)23/h7-14,18,23-24H,5-6,15-17H2,1-4H3,(H,29,34)(H,30,33)(H,31,32)/t24-/m0/s1. The van der Waals surface area contributed by atoms with Crippen molar-refractivity contribution < 1.29 is 24.2 Å². The Morgan fingerprint density at radius 3 is 2.00 bits per heavy atom. The minimum absolute atomic E-state index is 0.0501. The lowest BCUT2D eigenvalue weighted by molar-refractivity contribution is -0.144. The van der Waals surface area contributed by atoms with Gasteiger partial charge in [0.15, 0.2) is 0 Å². The van der Waals surface area contributed by atoms with E-state index in [-0.39, 0.29) is 30.9 Å². The van der Waals surface area contributed by atoms with Gasteiger partial charge < -0.3 is 20.5 Å². The topological polar surface area (TPSA) is 105 Å². The molecule has 1 atom stereocenters. The highest BCUT2D eigenvalue weighted by molar-refractivity contribution is 5.88. The van der Waals surface area contributed by atoms with Crippen molar-refractivity contribution in [1.82, 2.24) is 10.6 Å². The van der Waals surface area contributed by atoms with Crippen molar-refractivity contribution in [2.45, 2.75) is 58.9 Å². The van der Waals surface area contributed by atoms with Gasteiger partial charge >= 0.3 is 12.1 Å². The Bertz CT molecular complexity index is 1020. The molecule has 2 aromatic rings. The summed E-state index contributed by atoms with van der Waals surface area (Å²) in [7, 11) is 0. The maximum absolute atomic E-state index is 13.1. The van der Waals surface area contributed by atoms with E-state index in [4.69, 9.17) is 4.74 Å². The first-order chi connectivity index (χ1) is 16.7. The largest absolute Gasteiger partial charge is 0.480 e. The van der Waals surface area contributed by atoms with E-state index >= 15 is 0 Å². The lowest BCUT2D eigenvalue weighted by atomic mass is 9.80. The Morgan fingerprint density at radius 2 is 1.51 bits per heavy atom. The average Bonchev–Trinajstić information content (AvgIpc) is 3.16. The molecule has 0 aliphatic heterocycles. The van der Waals surface area contributed by atoms with Gasteiger partial charge in [-0.15, -0.1) is 0 Å². The third-order valence-electron chi connectivity index (χ3n) is 7.06. The van der Waals surface area contributed by atoms with Gasteiger partial charge in [-0.1, -0.05) is 76.2 Å². The first kappa shape index (κ1) is 26.3. The average molecular weight is 481 g/mol. The first-order valence-corrected chi connectivity index (χ1v) is 12.3. The summed E-state index contributed by atoms with van der Waals surface area (Å²) in [6.45, 7) is 7.80. The summed E-state index contributed by atoms with van der Waals surface area (Å²) in [6, 6.07) is 15.3. The fourth-order valence-corrected chi connectivity index (χ4v) is 4.80. The Balaban J connectivity index is 1.63. The van der Waals surface area contributed by atoms with Crippen LogP contribution in [0.25, 0.3) is 11.1 Å². The summed E-state index contributed by atoms with van der Waals surface area (Å²) in [6.07, 6.45) is 0.646. The molecule has 0 saturated carbocycles. The summed E-state index contributed by atoms with van der Waals surface area (Å²) in [5.41, 5.74) is 3.64. The van der Waals surface area contributed by atoms with Crippen LogP contribution in [-0.2, 0) is 14.3 Å². The number of carboxylic acid groups (broad SMARTS) is 1. The Labute approximate surface area is 207 Å². The summed E-state index contributed by atoms with van der Waals surface area (Å²) in [5.74, 6) is -1.36. The second-order valence-electron chi connectivity index (χ2n) is 9.66. The van der Waals surface area contributed by atoms with Gasteiger partial charge in [0.2, 0.25) is 5.91 Å². The second kappa shape index (κ2) is 11.4. The molecule has 2 amide bonds. The highest BCUT2D eigenvalue weighted by Gasteiger charge is 2.38. The monoisotopic (exact) mass is 480 g/mol. The van der Waals surface area contributed by atoms with Gasteiger partial charge in [0, 0.05) is 12.5 Å². The minimum Gasteiger partial charge on any atom is -0.480 e. The number of carboxylic acids is 1. The molecule has 0 saturated heterocycles. The number of nitrogens with one attached hydrogen (secondary N) is 2. The van der Waals surface area contributed by atoms with E-state index in [2.05, 4.69) is 34.9 Å². The molecule has 0 aromatic heterocycles. The molecule has 0 fully saturated rings. The van der Waals surface area contributed by atoms with Gasteiger partial charge in [-0.3, -0.25) is 4.79 Å². The van der Waals surface area contributed by atoms with E-state index in [1.54, 1.807) is 0 Å². The predicted octanol–water partition coefficient (Wildman–Crippen LogP) is 4.95. The van der Waals surface area contributed by atoms with Gasteiger partial charge in [0.1, 0.15) is 12.6 Å². The molecule has 7 nitrogen and oxygen atoms in total. The van der Waals surface area contributed by atoms with Crippen molar-refractivity contribution in [2.24, 2.45) is 11.3 Å². The molecule has 2 aromatic carbocycles. The third-order valence-corrected chi connectivity index (χ3v) is 7.06. The number of aliphatic carboxylic acids is 1. The van der Waals surface area contributed by atoms with Gasteiger partial charge in [-0.2, -0.15) is 0 Å². The SMILES string of the molecule is CCC(CC)(CNC(=O)OCC1c2ccccc2-c2ccccc21)C(=O)N[C@@H](CC(C)C)C(=O)O. The lowest BCUT2D eigenvalue weighted by Crippen LogP contribution is -2.52. The molecule has 35 heavy (non-hydrogen) atoms. The quantitative estimate of drug-likeness (QED) is 0.422. The number of amides is 2. The molecule has 0 spiro atoms. The van der Waals surface area contributed by atoms with Gasteiger partial charge in [0.05, 0.1) is 5.41 Å².